The Kier molecular flexibility index (Phi) is 7.40. The number of benzene rings is 1. The lowest BCUT2D eigenvalue weighted by molar-refractivity contribution is 0.114. The maximum Gasteiger partial charge on any atom is 0.241 e. The van der Waals surface area contributed by atoms with E-state index in [9.17, 15) is 8.42 Å². The lowest BCUT2D eigenvalue weighted by Gasteiger charge is -2.10. The highest BCUT2D eigenvalue weighted by atomic mass is 32.2. The molecule has 2 N–H and O–H groups in total. The second kappa shape index (κ2) is 8.80. The molecule has 0 aliphatic carbocycles. The monoisotopic (exact) mass is 311 g/mol. The molecule has 0 saturated carbocycles. The molecule has 0 atom stereocenters. The van der Waals surface area contributed by atoms with Gasteiger partial charge in [0.15, 0.2) is 0 Å². The van der Waals surface area contributed by atoms with Crippen molar-refractivity contribution >= 4 is 10.0 Å². The normalized spacial score (nSPS) is 11.2. The van der Waals surface area contributed by atoms with Gasteiger partial charge in [-0.1, -0.05) is 37.8 Å². The van der Waals surface area contributed by atoms with Crippen molar-refractivity contribution in [1.29, 1.82) is 0 Å². The highest BCUT2D eigenvalue weighted by molar-refractivity contribution is 7.89. The number of aliphatic hydroxyl groups excluding tert-OH is 1. The highest BCUT2D eigenvalue weighted by Gasteiger charge is 2.16. The molecule has 0 radical (unpaired) electrons. The van der Waals surface area contributed by atoms with Gasteiger partial charge in [0.05, 0.1) is 11.5 Å². The van der Waals surface area contributed by atoms with Gasteiger partial charge in [0.1, 0.15) is 6.61 Å². The SMILES string of the molecule is CC(C)COCCNS(=O)(=O)c1ccccc1C#CCO. The Hall–Kier alpha value is -1.39. The van der Waals surface area contributed by atoms with E-state index in [-0.39, 0.29) is 18.0 Å². The summed E-state index contributed by atoms with van der Waals surface area (Å²) in [5.41, 5.74) is 0.363. The van der Waals surface area contributed by atoms with Crippen LogP contribution < -0.4 is 4.72 Å². The molecule has 0 saturated heterocycles. The summed E-state index contributed by atoms with van der Waals surface area (Å²) in [5.74, 6) is 5.50. The summed E-state index contributed by atoms with van der Waals surface area (Å²) in [5, 5.41) is 8.71. The molecule has 1 aromatic carbocycles. The van der Waals surface area contributed by atoms with Crippen LogP contribution in [0.15, 0.2) is 29.2 Å². The van der Waals surface area contributed by atoms with Crippen molar-refractivity contribution in [1.82, 2.24) is 4.72 Å². The first-order valence-electron chi connectivity index (χ1n) is 6.73. The molecule has 0 aromatic heterocycles. The maximum absolute atomic E-state index is 12.2. The van der Waals surface area contributed by atoms with Gasteiger partial charge < -0.3 is 9.84 Å². The van der Waals surface area contributed by atoms with Crippen LogP contribution in [0.3, 0.4) is 0 Å². The molecule has 116 valence electrons. The second-order valence-electron chi connectivity index (χ2n) is 4.82. The summed E-state index contributed by atoms with van der Waals surface area (Å²) in [6.45, 7) is 4.87. The highest BCUT2D eigenvalue weighted by Crippen LogP contribution is 2.13. The van der Waals surface area contributed by atoms with Gasteiger partial charge in [-0.05, 0) is 18.1 Å². The first kappa shape index (κ1) is 17.7. The number of aliphatic hydroxyl groups is 1. The Morgan fingerprint density at radius 1 is 1.33 bits per heavy atom. The van der Waals surface area contributed by atoms with E-state index in [1.54, 1.807) is 18.2 Å². The average Bonchev–Trinajstić information content (AvgIpc) is 2.44. The van der Waals surface area contributed by atoms with Gasteiger partial charge in [0, 0.05) is 18.7 Å². The number of hydrogen-bond acceptors (Lipinski definition) is 4. The summed E-state index contributed by atoms with van der Waals surface area (Å²) in [7, 11) is -3.64. The molecule has 0 aliphatic heterocycles. The van der Waals surface area contributed by atoms with Crippen LogP contribution in [0, 0.1) is 17.8 Å². The zero-order valence-electron chi connectivity index (χ0n) is 12.3. The fourth-order valence-electron chi connectivity index (χ4n) is 1.58. The van der Waals surface area contributed by atoms with E-state index in [1.807, 2.05) is 13.8 Å². The van der Waals surface area contributed by atoms with Crippen molar-refractivity contribution in [3.05, 3.63) is 29.8 Å². The molecule has 0 bridgehead atoms. The van der Waals surface area contributed by atoms with Crippen molar-refractivity contribution in [2.45, 2.75) is 18.7 Å². The topological polar surface area (TPSA) is 75.6 Å². The number of hydrogen-bond donors (Lipinski definition) is 2. The largest absolute Gasteiger partial charge is 0.384 e. The third kappa shape index (κ3) is 6.27. The van der Waals surface area contributed by atoms with Crippen LogP contribution in [0.5, 0.6) is 0 Å². The lowest BCUT2D eigenvalue weighted by Crippen LogP contribution is -2.28. The second-order valence-corrected chi connectivity index (χ2v) is 6.56. The van der Waals surface area contributed by atoms with Gasteiger partial charge in [-0.2, -0.15) is 0 Å². The van der Waals surface area contributed by atoms with E-state index in [0.717, 1.165) is 0 Å². The number of sulfonamides is 1. The summed E-state index contributed by atoms with van der Waals surface area (Å²) < 4.78 is 32.2. The van der Waals surface area contributed by atoms with E-state index in [0.29, 0.717) is 24.7 Å². The standard InChI is InChI=1S/C15H21NO4S/c1-13(2)12-20-11-9-16-21(18,19)15-8-4-3-6-14(15)7-5-10-17/h3-4,6,8,13,16-17H,9-12H2,1-2H3. The zero-order valence-corrected chi connectivity index (χ0v) is 13.1. The minimum absolute atomic E-state index is 0.106. The lowest BCUT2D eigenvalue weighted by atomic mass is 10.2. The van der Waals surface area contributed by atoms with Crippen molar-refractivity contribution in [2.24, 2.45) is 5.92 Å². The van der Waals surface area contributed by atoms with Crippen LogP contribution in [-0.2, 0) is 14.8 Å². The average molecular weight is 311 g/mol. The van der Waals surface area contributed by atoms with E-state index < -0.39 is 10.0 Å². The van der Waals surface area contributed by atoms with Crippen LogP contribution in [-0.4, -0.2) is 39.9 Å². The molecular weight excluding hydrogens is 290 g/mol. The van der Waals surface area contributed by atoms with Crippen LogP contribution in [0.25, 0.3) is 0 Å². The number of rotatable bonds is 7. The van der Waals surface area contributed by atoms with Crippen molar-refractivity contribution < 1.29 is 18.3 Å². The Morgan fingerprint density at radius 2 is 2.05 bits per heavy atom. The fourth-order valence-corrected chi connectivity index (χ4v) is 2.76. The first-order valence-corrected chi connectivity index (χ1v) is 8.22. The molecule has 0 aliphatic rings. The van der Waals surface area contributed by atoms with Crippen molar-refractivity contribution in [3.8, 4) is 11.8 Å². The first-order chi connectivity index (χ1) is 9.97. The molecule has 1 rings (SSSR count). The Labute approximate surface area is 126 Å². The third-order valence-corrected chi connectivity index (χ3v) is 3.99. The quantitative estimate of drug-likeness (QED) is 0.581. The molecule has 0 spiro atoms. The molecule has 1 aromatic rings. The maximum atomic E-state index is 12.2. The molecule has 6 heteroatoms. The van der Waals surface area contributed by atoms with Crippen molar-refractivity contribution in [2.75, 3.05) is 26.4 Å². The summed E-state index contributed by atoms with van der Waals surface area (Å²) >= 11 is 0. The van der Waals surface area contributed by atoms with Crippen LogP contribution >= 0.6 is 0 Å². The van der Waals surface area contributed by atoms with Gasteiger partial charge in [-0.15, -0.1) is 0 Å². The predicted octanol–water partition coefficient (Wildman–Crippen LogP) is 0.981. The van der Waals surface area contributed by atoms with Gasteiger partial charge in [0.2, 0.25) is 10.0 Å². The minimum atomic E-state index is -3.64. The molecule has 0 heterocycles. The number of nitrogens with one attached hydrogen (secondary N) is 1. The Morgan fingerprint density at radius 3 is 2.71 bits per heavy atom. The summed E-state index contributed by atoms with van der Waals surface area (Å²) in [6, 6.07) is 6.42. The molecule has 0 unspecified atom stereocenters. The summed E-state index contributed by atoms with van der Waals surface area (Å²) in [4.78, 5) is 0.106. The minimum Gasteiger partial charge on any atom is -0.384 e. The van der Waals surface area contributed by atoms with E-state index in [2.05, 4.69) is 16.6 Å². The molecule has 0 amide bonds. The smallest absolute Gasteiger partial charge is 0.241 e. The summed E-state index contributed by atoms with van der Waals surface area (Å²) in [6.07, 6.45) is 0. The third-order valence-electron chi connectivity index (χ3n) is 2.47. The zero-order chi connectivity index (χ0) is 15.7. The van der Waals surface area contributed by atoms with Crippen molar-refractivity contribution in [3.63, 3.8) is 0 Å². The van der Waals surface area contributed by atoms with E-state index in [4.69, 9.17) is 9.84 Å². The van der Waals surface area contributed by atoms with Crippen LogP contribution in [0.4, 0.5) is 0 Å². The van der Waals surface area contributed by atoms with Gasteiger partial charge in [-0.3, -0.25) is 0 Å². The Balaban J connectivity index is 2.70. The molecule has 5 nitrogen and oxygen atoms in total. The Bertz CT molecular complexity index is 600. The fraction of sp³-hybridized carbons (Fsp3) is 0.467. The van der Waals surface area contributed by atoms with Gasteiger partial charge in [-0.25, -0.2) is 13.1 Å². The number of ether oxygens (including phenoxy) is 1. The van der Waals surface area contributed by atoms with Gasteiger partial charge in [0.25, 0.3) is 0 Å². The molecule has 0 fully saturated rings. The molecule has 21 heavy (non-hydrogen) atoms. The van der Waals surface area contributed by atoms with E-state index in [1.165, 1.54) is 6.07 Å². The van der Waals surface area contributed by atoms with E-state index >= 15 is 0 Å². The molecular formula is C15H21NO4S. The van der Waals surface area contributed by atoms with Crippen LogP contribution in [0.2, 0.25) is 0 Å². The van der Waals surface area contributed by atoms with Crippen LogP contribution in [0.1, 0.15) is 19.4 Å². The predicted molar refractivity (Wildman–Crippen MR) is 81.3 cm³/mol. The van der Waals surface area contributed by atoms with Gasteiger partial charge >= 0.3 is 0 Å².